The SMILES string of the molecule is CSc1ccc(NC(=O)CSc2nncn2-c2ccc(C)c(Cl)c2)cc1. The number of nitrogens with one attached hydrogen (secondary N) is 1. The van der Waals surface area contributed by atoms with Crippen LogP contribution in [0, 0.1) is 6.92 Å². The molecule has 0 aliphatic rings. The average Bonchev–Trinajstić information content (AvgIpc) is 3.11. The highest BCUT2D eigenvalue weighted by Crippen LogP contribution is 2.24. The first-order valence-corrected chi connectivity index (χ1v) is 10.4. The zero-order chi connectivity index (χ0) is 18.5. The number of aromatic nitrogens is 3. The fraction of sp³-hybridized carbons (Fsp3) is 0.167. The number of carbonyl (C=O) groups excluding carboxylic acids is 1. The van der Waals surface area contributed by atoms with Gasteiger partial charge in [-0.1, -0.05) is 29.4 Å². The summed E-state index contributed by atoms with van der Waals surface area (Å²) >= 11 is 9.18. The van der Waals surface area contributed by atoms with Crippen LogP contribution in [0.4, 0.5) is 5.69 Å². The Labute approximate surface area is 165 Å². The molecular weight excluding hydrogens is 388 g/mol. The molecule has 0 bridgehead atoms. The third-order valence-electron chi connectivity index (χ3n) is 3.66. The number of benzene rings is 2. The fourth-order valence-electron chi connectivity index (χ4n) is 2.23. The Morgan fingerprint density at radius 1 is 1.23 bits per heavy atom. The Morgan fingerprint density at radius 2 is 2.00 bits per heavy atom. The molecule has 0 atom stereocenters. The summed E-state index contributed by atoms with van der Waals surface area (Å²) in [6, 6.07) is 13.5. The number of anilines is 1. The summed E-state index contributed by atoms with van der Waals surface area (Å²) in [6.07, 6.45) is 3.63. The summed E-state index contributed by atoms with van der Waals surface area (Å²) in [5.41, 5.74) is 2.64. The van der Waals surface area contributed by atoms with E-state index in [9.17, 15) is 4.79 Å². The van der Waals surface area contributed by atoms with E-state index in [1.165, 1.54) is 11.8 Å². The van der Waals surface area contributed by atoms with E-state index in [-0.39, 0.29) is 11.7 Å². The smallest absolute Gasteiger partial charge is 0.234 e. The molecule has 0 radical (unpaired) electrons. The molecule has 2 aromatic carbocycles. The van der Waals surface area contributed by atoms with Crippen molar-refractivity contribution in [2.45, 2.75) is 17.0 Å². The Bertz CT molecular complexity index is 912. The number of thioether (sulfide) groups is 2. The lowest BCUT2D eigenvalue weighted by atomic mass is 10.2. The Morgan fingerprint density at radius 3 is 2.69 bits per heavy atom. The van der Waals surface area contributed by atoms with E-state index in [4.69, 9.17) is 11.6 Å². The molecule has 0 saturated carbocycles. The fourth-order valence-corrected chi connectivity index (χ4v) is 3.54. The number of carbonyl (C=O) groups is 1. The number of nitrogens with zero attached hydrogens (tertiary/aromatic N) is 3. The standard InChI is InChI=1S/C18H17ClN4OS2/c1-12-3-6-14(9-16(12)19)23-11-20-22-18(23)26-10-17(24)21-13-4-7-15(25-2)8-5-13/h3-9,11H,10H2,1-2H3,(H,21,24). The van der Waals surface area contributed by atoms with Gasteiger partial charge < -0.3 is 5.32 Å². The first-order chi connectivity index (χ1) is 12.6. The number of halogens is 1. The number of hydrogen-bond donors (Lipinski definition) is 1. The molecule has 8 heteroatoms. The predicted octanol–water partition coefficient (Wildman–Crippen LogP) is 4.68. The second-order valence-corrected chi connectivity index (χ2v) is 7.71. The first-order valence-electron chi connectivity index (χ1n) is 7.80. The second-order valence-electron chi connectivity index (χ2n) is 5.48. The van der Waals surface area contributed by atoms with Crippen LogP contribution in [-0.2, 0) is 4.79 Å². The van der Waals surface area contributed by atoms with Crippen LogP contribution in [0.3, 0.4) is 0 Å². The molecule has 1 aromatic heterocycles. The summed E-state index contributed by atoms with van der Waals surface area (Å²) in [7, 11) is 0. The monoisotopic (exact) mass is 404 g/mol. The lowest BCUT2D eigenvalue weighted by Gasteiger charge is -2.08. The molecule has 0 aliphatic heterocycles. The van der Waals surface area contributed by atoms with E-state index < -0.39 is 0 Å². The van der Waals surface area contributed by atoms with Crippen LogP contribution >= 0.6 is 35.1 Å². The molecule has 0 aliphatic carbocycles. The minimum Gasteiger partial charge on any atom is -0.325 e. The molecule has 0 fully saturated rings. The van der Waals surface area contributed by atoms with Crippen molar-refractivity contribution in [3.8, 4) is 5.69 Å². The van der Waals surface area contributed by atoms with E-state index in [1.54, 1.807) is 18.1 Å². The Balaban J connectivity index is 1.63. The maximum Gasteiger partial charge on any atom is 0.234 e. The molecule has 0 unspecified atom stereocenters. The zero-order valence-electron chi connectivity index (χ0n) is 14.3. The van der Waals surface area contributed by atoms with Gasteiger partial charge in [-0.05, 0) is 55.1 Å². The third kappa shape index (κ3) is 4.60. The van der Waals surface area contributed by atoms with Gasteiger partial charge in [0.15, 0.2) is 5.16 Å². The number of hydrogen-bond acceptors (Lipinski definition) is 5. The summed E-state index contributed by atoms with van der Waals surface area (Å²) in [6.45, 7) is 1.95. The van der Waals surface area contributed by atoms with Crippen LogP contribution in [0.15, 0.2) is 58.8 Å². The normalized spacial score (nSPS) is 10.7. The van der Waals surface area contributed by atoms with E-state index in [1.807, 2.05) is 60.2 Å². The molecule has 0 saturated heterocycles. The average molecular weight is 405 g/mol. The molecule has 3 aromatic rings. The highest BCUT2D eigenvalue weighted by molar-refractivity contribution is 7.99. The maximum atomic E-state index is 12.2. The molecule has 5 nitrogen and oxygen atoms in total. The molecule has 134 valence electrons. The van der Waals surface area contributed by atoms with Gasteiger partial charge in [0, 0.05) is 15.6 Å². The summed E-state index contributed by atoms with van der Waals surface area (Å²) in [5.74, 6) is 0.145. The molecule has 1 amide bonds. The van der Waals surface area contributed by atoms with Crippen molar-refractivity contribution >= 4 is 46.7 Å². The van der Waals surface area contributed by atoms with Gasteiger partial charge >= 0.3 is 0 Å². The van der Waals surface area contributed by atoms with E-state index in [0.29, 0.717) is 10.2 Å². The lowest BCUT2D eigenvalue weighted by molar-refractivity contribution is -0.113. The summed E-state index contributed by atoms with van der Waals surface area (Å²) < 4.78 is 1.82. The van der Waals surface area contributed by atoms with Crippen molar-refractivity contribution in [2.24, 2.45) is 0 Å². The van der Waals surface area contributed by atoms with Crippen LogP contribution in [0.2, 0.25) is 5.02 Å². The van der Waals surface area contributed by atoms with Gasteiger partial charge in [-0.3, -0.25) is 9.36 Å². The number of aryl methyl sites for hydroxylation is 1. The quantitative estimate of drug-likeness (QED) is 0.604. The van der Waals surface area contributed by atoms with Crippen molar-refractivity contribution in [3.63, 3.8) is 0 Å². The van der Waals surface area contributed by atoms with Gasteiger partial charge in [0.2, 0.25) is 5.91 Å². The predicted molar refractivity (Wildman–Crippen MR) is 109 cm³/mol. The largest absolute Gasteiger partial charge is 0.325 e. The first kappa shape index (κ1) is 18.8. The summed E-state index contributed by atoms with van der Waals surface area (Å²) in [5, 5.41) is 12.2. The third-order valence-corrected chi connectivity index (χ3v) is 5.75. The molecule has 26 heavy (non-hydrogen) atoms. The minimum absolute atomic E-state index is 0.0941. The minimum atomic E-state index is -0.0941. The van der Waals surface area contributed by atoms with Crippen LogP contribution in [0.1, 0.15) is 5.56 Å². The molecule has 1 heterocycles. The summed E-state index contributed by atoms with van der Waals surface area (Å²) in [4.78, 5) is 13.3. The van der Waals surface area contributed by atoms with Crippen molar-refractivity contribution in [1.82, 2.24) is 14.8 Å². The second kappa shape index (κ2) is 8.62. The molecule has 0 spiro atoms. The van der Waals surface area contributed by atoms with Crippen molar-refractivity contribution in [1.29, 1.82) is 0 Å². The van der Waals surface area contributed by atoms with Gasteiger partial charge in [-0.15, -0.1) is 22.0 Å². The van der Waals surface area contributed by atoms with Crippen molar-refractivity contribution in [3.05, 3.63) is 59.4 Å². The number of amides is 1. The van der Waals surface area contributed by atoms with Crippen LogP contribution in [0.5, 0.6) is 0 Å². The van der Waals surface area contributed by atoms with Crippen LogP contribution < -0.4 is 5.32 Å². The number of rotatable bonds is 6. The van der Waals surface area contributed by atoms with Gasteiger partial charge in [-0.2, -0.15) is 0 Å². The molecule has 1 N–H and O–H groups in total. The molecule has 3 rings (SSSR count). The van der Waals surface area contributed by atoms with Gasteiger partial charge in [-0.25, -0.2) is 0 Å². The Hall–Kier alpha value is -1.96. The van der Waals surface area contributed by atoms with Gasteiger partial charge in [0.05, 0.1) is 11.4 Å². The van der Waals surface area contributed by atoms with Crippen LogP contribution in [-0.4, -0.2) is 32.7 Å². The van der Waals surface area contributed by atoms with Gasteiger partial charge in [0.25, 0.3) is 0 Å². The van der Waals surface area contributed by atoms with E-state index in [0.717, 1.165) is 21.8 Å². The van der Waals surface area contributed by atoms with E-state index in [2.05, 4.69) is 15.5 Å². The lowest BCUT2D eigenvalue weighted by Crippen LogP contribution is -2.14. The van der Waals surface area contributed by atoms with Gasteiger partial charge in [0.1, 0.15) is 6.33 Å². The maximum absolute atomic E-state index is 12.2. The van der Waals surface area contributed by atoms with Crippen molar-refractivity contribution in [2.75, 3.05) is 17.3 Å². The topological polar surface area (TPSA) is 59.8 Å². The highest BCUT2D eigenvalue weighted by Gasteiger charge is 2.11. The van der Waals surface area contributed by atoms with Crippen molar-refractivity contribution < 1.29 is 4.79 Å². The highest BCUT2D eigenvalue weighted by atomic mass is 35.5. The van der Waals surface area contributed by atoms with E-state index >= 15 is 0 Å². The van der Waals surface area contributed by atoms with Crippen LogP contribution in [0.25, 0.3) is 5.69 Å². The molecular formula is C18H17ClN4OS2. The Kier molecular flexibility index (Phi) is 6.24. The zero-order valence-corrected chi connectivity index (χ0v) is 16.7.